The number of benzene rings is 3. The van der Waals surface area contributed by atoms with Crippen LogP contribution in [0.3, 0.4) is 0 Å². The summed E-state index contributed by atoms with van der Waals surface area (Å²) in [6.45, 7) is 5.34. The van der Waals surface area contributed by atoms with E-state index >= 15 is 0 Å². The zero-order chi connectivity index (χ0) is 25.7. The van der Waals surface area contributed by atoms with Gasteiger partial charge >= 0.3 is 0 Å². The highest BCUT2D eigenvalue weighted by molar-refractivity contribution is 5.85. The minimum atomic E-state index is 0.736. The zero-order valence-corrected chi connectivity index (χ0v) is 23.2. The first-order chi connectivity index (χ1) is 18.2. The van der Waals surface area contributed by atoms with Gasteiger partial charge in [0.15, 0.2) is 0 Å². The Kier molecular flexibility index (Phi) is 11.0. The molecule has 1 saturated carbocycles. The summed E-state index contributed by atoms with van der Waals surface area (Å²) in [6.07, 6.45) is 17.5. The van der Waals surface area contributed by atoms with Gasteiger partial charge in [0.05, 0.1) is 6.61 Å². The third kappa shape index (κ3) is 8.67. The maximum atomic E-state index is 5.95. The summed E-state index contributed by atoms with van der Waals surface area (Å²) >= 11 is 0. The number of hydrogen-bond acceptors (Lipinski definition) is 1. The summed E-state index contributed by atoms with van der Waals surface area (Å²) in [5.41, 5.74) is 3.66. The minimum Gasteiger partial charge on any atom is -0.494 e. The predicted octanol–water partition coefficient (Wildman–Crippen LogP) is 10.4. The van der Waals surface area contributed by atoms with Crippen molar-refractivity contribution < 1.29 is 4.74 Å². The fourth-order valence-electron chi connectivity index (χ4n) is 5.74. The highest BCUT2D eigenvalue weighted by atomic mass is 16.5. The van der Waals surface area contributed by atoms with Crippen molar-refractivity contribution in [3.63, 3.8) is 0 Å². The molecule has 0 amide bonds. The number of fused-ring (bicyclic) bond motifs is 1. The Balaban J connectivity index is 1.28. The minimum absolute atomic E-state index is 0.736. The van der Waals surface area contributed by atoms with E-state index in [9.17, 15) is 0 Å². The smallest absolute Gasteiger partial charge is 0.119 e. The molecule has 0 spiro atoms. The standard InChI is InChI=1S/C36H46O/c1-3-5-7-9-11-29-14-19-32(20-15-29)33-21-16-30(17-22-33)12-13-31-18-23-35-28-36(25-24-34(35)27-31)37-26-10-8-6-4-2/h16-18,21-25,27-29,32H,3-11,14-15,19-20,26H2,1-2H3/t29-,32-. The van der Waals surface area contributed by atoms with Gasteiger partial charge in [0, 0.05) is 11.1 Å². The first-order valence-electron chi connectivity index (χ1n) is 15.0. The van der Waals surface area contributed by atoms with E-state index in [1.54, 1.807) is 0 Å². The van der Waals surface area contributed by atoms with Crippen LogP contribution in [-0.4, -0.2) is 6.61 Å². The number of ether oxygens (including phenoxy) is 1. The van der Waals surface area contributed by atoms with Crippen LogP contribution in [0.15, 0.2) is 60.7 Å². The number of hydrogen-bond donors (Lipinski definition) is 0. The largest absolute Gasteiger partial charge is 0.494 e. The summed E-state index contributed by atoms with van der Waals surface area (Å²) in [4.78, 5) is 0. The summed E-state index contributed by atoms with van der Waals surface area (Å²) in [6, 6.07) is 21.9. The summed E-state index contributed by atoms with van der Waals surface area (Å²) < 4.78 is 5.95. The van der Waals surface area contributed by atoms with Crippen LogP contribution in [0.4, 0.5) is 0 Å². The molecule has 0 radical (unpaired) electrons. The molecule has 3 aromatic rings. The fraction of sp³-hybridized carbons (Fsp3) is 0.500. The Bertz CT molecular complexity index is 1140. The van der Waals surface area contributed by atoms with E-state index in [2.05, 4.69) is 86.4 Å². The van der Waals surface area contributed by atoms with Crippen molar-refractivity contribution in [1.82, 2.24) is 0 Å². The van der Waals surface area contributed by atoms with Gasteiger partial charge in [0.2, 0.25) is 0 Å². The van der Waals surface area contributed by atoms with Gasteiger partial charge in [0.25, 0.3) is 0 Å². The Hall–Kier alpha value is -2.72. The molecule has 0 aliphatic heterocycles. The van der Waals surface area contributed by atoms with Crippen molar-refractivity contribution in [2.45, 2.75) is 103 Å². The number of rotatable bonds is 12. The molecule has 0 atom stereocenters. The van der Waals surface area contributed by atoms with Gasteiger partial charge in [-0.15, -0.1) is 0 Å². The molecular weight excluding hydrogens is 448 g/mol. The lowest BCUT2D eigenvalue weighted by atomic mass is 9.77. The predicted molar refractivity (Wildman–Crippen MR) is 159 cm³/mol. The van der Waals surface area contributed by atoms with Crippen LogP contribution in [0.1, 0.15) is 120 Å². The number of unbranched alkanes of at least 4 members (excludes halogenated alkanes) is 6. The Morgan fingerprint density at radius 3 is 2.05 bits per heavy atom. The summed E-state index contributed by atoms with van der Waals surface area (Å²) in [7, 11) is 0. The second kappa shape index (κ2) is 14.9. The molecule has 0 heterocycles. The van der Waals surface area contributed by atoms with E-state index in [0.717, 1.165) is 41.7 Å². The van der Waals surface area contributed by atoms with Crippen LogP contribution in [0.2, 0.25) is 0 Å². The molecule has 1 nitrogen and oxygen atoms in total. The summed E-state index contributed by atoms with van der Waals surface area (Å²) in [5, 5.41) is 2.41. The third-order valence-electron chi connectivity index (χ3n) is 8.12. The zero-order valence-electron chi connectivity index (χ0n) is 23.2. The van der Waals surface area contributed by atoms with E-state index in [1.807, 2.05) is 0 Å². The van der Waals surface area contributed by atoms with E-state index in [1.165, 1.54) is 93.4 Å². The molecule has 0 bridgehead atoms. The van der Waals surface area contributed by atoms with Crippen molar-refractivity contribution in [3.8, 4) is 17.6 Å². The molecule has 196 valence electrons. The highest BCUT2D eigenvalue weighted by Gasteiger charge is 2.21. The van der Waals surface area contributed by atoms with Crippen LogP contribution in [0.5, 0.6) is 5.75 Å². The van der Waals surface area contributed by atoms with Crippen LogP contribution in [0.25, 0.3) is 10.8 Å². The van der Waals surface area contributed by atoms with E-state index in [4.69, 9.17) is 4.74 Å². The molecule has 1 aliphatic rings. The molecule has 1 fully saturated rings. The second-order valence-corrected chi connectivity index (χ2v) is 11.1. The van der Waals surface area contributed by atoms with Crippen molar-refractivity contribution in [1.29, 1.82) is 0 Å². The lowest BCUT2D eigenvalue weighted by Crippen LogP contribution is -2.13. The molecule has 1 heteroatoms. The van der Waals surface area contributed by atoms with Crippen molar-refractivity contribution in [2.75, 3.05) is 6.61 Å². The first kappa shape index (κ1) is 27.3. The molecule has 3 aromatic carbocycles. The fourth-order valence-corrected chi connectivity index (χ4v) is 5.74. The van der Waals surface area contributed by atoms with Gasteiger partial charge in [-0.05, 0) is 96.7 Å². The van der Waals surface area contributed by atoms with Gasteiger partial charge in [0.1, 0.15) is 5.75 Å². The molecule has 0 aromatic heterocycles. The van der Waals surface area contributed by atoms with Crippen LogP contribution in [-0.2, 0) is 0 Å². The second-order valence-electron chi connectivity index (χ2n) is 11.1. The average Bonchev–Trinajstić information content (AvgIpc) is 2.95. The van der Waals surface area contributed by atoms with Gasteiger partial charge in [-0.1, -0.05) is 101 Å². The van der Waals surface area contributed by atoms with E-state index in [-0.39, 0.29) is 0 Å². The monoisotopic (exact) mass is 494 g/mol. The molecule has 1 aliphatic carbocycles. The Morgan fingerprint density at radius 1 is 0.649 bits per heavy atom. The SMILES string of the molecule is CCCCCCOc1ccc2cc(C#Cc3ccc([C@H]4CC[C@H](CCCCCC)CC4)cc3)ccc2c1. The average molecular weight is 495 g/mol. The van der Waals surface area contributed by atoms with Crippen molar-refractivity contribution in [2.24, 2.45) is 5.92 Å². The maximum absolute atomic E-state index is 5.95. The molecule has 0 unspecified atom stereocenters. The normalized spacial score (nSPS) is 17.4. The van der Waals surface area contributed by atoms with Gasteiger partial charge in [-0.25, -0.2) is 0 Å². The van der Waals surface area contributed by atoms with Crippen molar-refractivity contribution in [3.05, 3.63) is 77.4 Å². The van der Waals surface area contributed by atoms with Crippen LogP contribution < -0.4 is 4.74 Å². The maximum Gasteiger partial charge on any atom is 0.119 e. The van der Waals surface area contributed by atoms with E-state index in [0.29, 0.717) is 0 Å². The molecular formula is C36H46O. The Morgan fingerprint density at radius 2 is 1.30 bits per heavy atom. The molecule has 0 saturated heterocycles. The molecule has 4 rings (SSSR count). The summed E-state index contributed by atoms with van der Waals surface area (Å²) in [5.74, 6) is 9.42. The molecule has 0 N–H and O–H groups in total. The topological polar surface area (TPSA) is 9.23 Å². The Labute approximate surface area is 226 Å². The van der Waals surface area contributed by atoms with Crippen LogP contribution >= 0.6 is 0 Å². The van der Waals surface area contributed by atoms with Crippen molar-refractivity contribution >= 4 is 10.8 Å². The van der Waals surface area contributed by atoms with Gasteiger partial charge in [-0.2, -0.15) is 0 Å². The molecule has 37 heavy (non-hydrogen) atoms. The lowest BCUT2D eigenvalue weighted by molar-refractivity contribution is 0.302. The first-order valence-corrected chi connectivity index (χ1v) is 15.0. The van der Waals surface area contributed by atoms with Gasteiger partial charge in [-0.3, -0.25) is 0 Å². The quantitative estimate of drug-likeness (QED) is 0.180. The van der Waals surface area contributed by atoms with Gasteiger partial charge < -0.3 is 4.74 Å². The van der Waals surface area contributed by atoms with Crippen LogP contribution in [0, 0.1) is 17.8 Å². The third-order valence-corrected chi connectivity index (χ3v) is 8.12. The lowest BCUT2D eigenvalue weighted by Gasteiger charge is -2.29. The van der Waals surface area contributed by atoms with E-state index < -0.39 is 0 Å². The highest BCUT2D eigenvalue weighted by Crippen LogP contribution is 2.37.